The Labute approximate surface area is 207 Å². The molecule has 0 saturated carbocycles. The summed E-state index contributed by atoms with van der Waals surface area (Å²) < 4.78 is 47.7. The second-order valence-electron chi connectivity index (χ2n) is 7.95. The van der Waals surface area contributed by atoms with Crippen LogP contribution >= 0.6 is 0 Å². The van der Waals surface area contributed by atoms with Crippen LogP contribution in [-0.4, -0.2) is 56.1 Å². The Morgan fingerprint density at radius 3 is 2.64 bits per heavy atom. The van der Waals surface area contributed by atoms with E-state index in [1.54, 1.807) is 12.1 Å². The van der Waals surface area contributed by atoms with Gasteiger partial charge in [0.1, 0.15) is 0 Å². The number of nitrogens with two attached hydrogens (primary N) is 2. The van der Waals surface area contributed by atoms with E-state index in [0.717, 1.165) is 7.11 Å². The summed E-state index contributed by atoms with van der Waals surface area (Å²) in [5, 5.41) is 0. The van der Waals surface area contributed by atoms with Crippen molar-refractivity contribution in [3.05, 3.63) is 53.1 Å². The van der Waals surface area contributed by atoms with Crippen molar-refractivity contribution in [3.63, 3.8) is 0 Å². The number of hydrogen-bond donors (Lipinski definition) is 3. The topological polar surface area (TPSA) is 198 Å². The standard InChI is InChI=1S/C23H25N3O9S/c1-33-21(28)14(12-36(30,31)32)11-18(27)17-5-2-6-19-20(17)34-9-3-4-13-10-15(26-23(24)25)7-8-16(13)22(29)35-19/h2,5-8,10,14H,3-4,9,11-12H2,1H3,(H4,24,25,26)(H,30,31,32)/t14-/m0/s1. The fourth-order valence-corrected chi connectivity index (χ4v) is 4.49. The van der Waals surface area contributed by atoms with Crippen molar-refractivity contribution in [2.24, 2.45) is 22.4 Å². The number of aliphatic imine (C=N–C) groups is 1. The lowest BCUT2D eigenvalue weighted by Crippen LogP contribution is -2.27. The Morgan fingerprint density at radius 1 is 1.22 bits per heavy atom. The molecule has 0 saturated heterocycles. The normalized spacial score (nSPS) is 14.2. The molecule has 0 amide bonds. The van der Waals surface area contributed by atoms with Crippen molar-refractivity contribution in [2.75, 3.05) is 19.5 Å². The third kappa shape index (κ3) is 6.79. The number of para-hydroxylation sites is 1. The van der Waals surface area contributed by atoms with Gasteiger partial charge in [-0.3, -0.25) is 14.1 Å². The van der Waals surface area contributed by atoms with Crippen LogP contribution < -0.4 is 20.9 Å². The van der Waals surface area contributed by atoms with Crippen molar-refractivity contribution in [1.82, 2.24) is 0 Å². The summed E-state index contributed by atoms with van der Waals surface area (Å²) >= 11 is 0. The first-order valence-electron chi connectivity index (χ1n) is 10.7. The van der Waals surface area contributed by atoms with Gasteiger partial charge in [0.05, 0.1) is 42.2 Å². The van der Waals surface area contributed by atoms with Crippen molar-refractivity contribution in [1.29, 1.82) is 0 Å². The molecule has 0 fully saturated rings. The van der Waals surface area contributed by atoms with Gasteiger partial charge in [0.15, 0.2) is 23.2 Å². The third-order valence-corrected chi connectivity index (χ3v) is 6.09. The van der Waals surface area contributed by atoms with E-state index < -0.39 is 45.9 Å². The maximum atomic E-state index is 13.1. The molecule has 192 valence electrons. The smallest absolute Gasteiger partial charge is 0.343 e. The lowest BCUT2D eigenvalue weighted by molar-refractivity contribution is -0.144. The van der Waals surface area contributed by atoms with Crippen LogP contribution in [-0.2, 0) is 26.1 Å². The Kier molecular flexibility index (Phi) is 8.27. The number of rotatable bonds is 7. The van der Waals surface area contributed by atoms with Gasteiger partial charge >= 0.3 is 11.9 Å². The van der Waals surface area contributed by atoms with Gasteiger partial charge in [-0.15, -0.1) is 0 Å². The number of aryl methyl sites for hydroxylation is 1. The lowest BCUT2D eigenvalue weighted by Gasteiger charge is -2.19. The summed E-state index contributed by atoms with van der Waals surface area (Å²) in [4.78, 5) is 42.0. The molecule has 0 radical (unpaired) electrons. The number of guanidine groups is 1. The van der Waals surface area contributed by atoms with E-state index in [2.05, 4.69) is 9.73 Å². The molecule has 2 aromatic carbocycles. The zero-order valence-corrected chi connectivity index (χ0v) is 20.1. The first-order chi connectivity index (χ1) is 17.0. The highest BCUT2D eigenvalue weighted by atomic mass is 32.2. The number of ether oxygens (including phenoxy) is 3. The summed E-state index contributed by atoms with van der Waals surface area (Å²) in [6.07, 6.45) is 0.292. The van der Waals surface area contributed by atoms with E-state index >= 15 is 0 Å². The largest absolute Gasteiger partial charge is 0.489 e. The molecule has 1 atom stereocenters. The minimum absolute atomic E-state index is 0.0200. The molecule has 36 heavy (non-hydrogen) atoms. The molecular formula is C23H25N3O9S. The average molecular weight is 520 g/mol. The zero-order chi connectivity index (χ0) is 26.5. The predicted octanol–water partition coefficient (Wildman–Crippen LogP) is 1.39. The maximum Gasteiger partial charge on any atom is 0.343 e. The molecular weight excluding hydrogens is 494 g/mol. The van der Waals surface area contributed by atoms with Gasteiger partial charge in [0, 0.05) is 6.42 Å². The third-order valence-electron chi connectivity index (χ3n) is 5.26. The van der Waals surface area contributed by atoms with Gasteiger partial charge in [-0.25, -0.2) is 9.79 Å². The Balaban J connectivity index is 1.93. The van der Waals surface area contributed by atoms with Crippen molar-refractivity contribution in [2.45, 2.75) is 19.3 Å². The second kappa shape index (κ2) is 11.2. The highest BCUT2D eigenvalue weighted by molar-refractivity contribution is 7.85. The van der Waals surface area contributed by atoms with E-state index in [0.29, 0.717) is 24.1 Å². The predicted molar refractivity (Wildman–Crippen MR) is 128 cm³/mol. The van der Waals surface area contributed by atoms with Gasteiger partial charge in [0.25, 0.3) is 10.1 Å². The summed E-state index contributed by atoms with van der Waals surface area (Å²) in [6, 6.07) is 9.05. The number of hydrogen-bond acceptors (Lipinski definition) is 9. The molecule has 1 aliphatic heterocycles. The number of esters is 2. The average Bonchev–Trinajstić information content (AvgIpc) is 2.80. The molecule has 0 bridgehead atoms. The number of carbonyl (C=O) groups excluding carboxylic acids is 3. The minimum Gasteiger partial charge on any atom is -0.489 e. The zero-order valence-electron chi connectivity index (χ0n) is 19.3. The molecule has 0 unspecified atom stereocenters. The fraction of sp³-hybridized carbons (Fsp3) is 0.304. The fourth-order valence-electron chi connectivity index (χ4n) is 3.73. The number of Topliss-reactive ketones (excluding diaryl/α,β-unsaturated/α-hetero) is 1. The molecule has 0 aliphatic carbocycles. The highest BCUT2D eigenvalue weighted by Gasteiger charge is 2.30. The van der Waals surface area contributed by atoms with E-state index in [4.69, 9.17) is 25.5 Å². The first-order valence-corrected chi connectivity index (χ1v) is 12.4. The van der Waals surface area contributed by atoms with Crippen LogP contribution in [0.2, 0.25) is 0 Å². The maximum absolute atomic E-state index is 13.1. The van der Waals surface area contributed by atoms with Gasteiger partial charge in [0.2, 0.25) is 0 Å². The number of fused-ring (bicyclic) bond motifs is 2. The van der Waals surface area contributed by atoms with Crippen LogP contribution in [0.5, 0.6) is 11.5 Å². The van der Waals surface area contributed by atoms with Crippen LogP contribution in [0.25, 0.3) is 0 Å². The van der Waals surface area contributed by atoms with E-state index in [1.165, 1.54) is 24.3 Å². The van der Waals surface area contributed by atoms with E-state index in [-0.39, 0.29) is 35.2 Å². The van der Waals surface area contributed by atoms with E-state index in [9.17, 15) is 22.8 Å². The van der Waals surface area contributed by atoms with Crippen LogP contribution in [0.1, 0.15) is 39.1 Å². The first kappa shape index (κ1) is 26.6. The van der Waals surface area contributed by atoms with Gasteiger partial charge in [-0.1, -0.05) is 6.07 Å². The monoisotopic (exact) mass is 519 g/mol. The Bertz CT molecular complexity index is 1320. The molecule has 12 nitrogen and oxygen atoms in total. The number of methoxy groups -OCH3 is 1. The Hall–Kier alpha value is -3.97. The molecule has 1 heterocycles. The van der Waals surface area contributed by atoms with Crippen molar-refractivity contribution >= 4 is 39.5 Å². The molecule has 3 rings (SSSR count). The molecule has 5 N–H and O–H groups in total. The SMILES string of the molecule is COC(=O)[C@@H](CC(=O)c1cccc2c1OCCCc1cc(N=C(N)N)ccc1C(=O)O2)CS(=O)(=O)O. The molecule has 0 aromatic heterocycles. The highest BCUT2D eigenvalue weighted by Crippen LogP contribution is 2.35. The lowest BCUT2D eigenvalue weighted by atomic mass is 9.98. The quantitative estimate of drug-likeness (QED) is 0.119. The van der Waals surface area contributed by atoms with Crippen molar-refractivity contribution in [3.8, 4) is 11.5 Å². The Morgan fingerprint density at radius 2 is 1.97 bits per heavy atom. The van der Waals surface area contributed by atoms with Crippen LogP contribution in [0.15, 0.2) is 41.4 Å². The second-order valence-corrected chi connectivity index (χ2v) is 9.45. The van der Waals surface area contributed by atoms with Crippen LogP contribution in [0.4, 0.5) is 5.69 Å². The van der Waals surface area contributed by atoms with Crippen molar-refractivity contribution < 1.29 is 41.6 Å². The van der Waals surface area contributed by atoms with Gasteiger partial charge in [-0.2, -0.15) is 8.42 Å². The van der Waals surface area contributed by atoms with Crippen LogP contribution in [0.3, 0.4) is 0 Å². The van der Waals surface area contributed by atoms with Gasteiger partial charge < -0.3 is 25.7 Å². The minimum atomic E-state index is -4.56. The number of benzene rings is 2. The number of carbonyl (C=O) groups is 3. The molecule has 13 heteroatoms. The summed E-state index contributed by atoms with van der Waals surface area (Å²) in [7, 11) is -3.53. The summed E-state index contributed by atoms with van der Waals surface area (Å²) in [5.74, 6) is -4.95. The van der Waals surface area contributed by atoms with Gasteiger partial charge in [-0.05, 0) is 48.7 Å². The summed E-state index contributed by atoms with van der Waals surface area (Å²) in [6.45, 7) is 0.145. The molecule has 1 aliphatic rings. The summed E-state index contributed by atoms with van der Waals surface area (Å²) in [5.41, 5.74) is 12.2. The van der Waals surface area contributed by atoms with E-state index in [1.807, 2.05) is 0 Å². The number of nitrogens with zero attached hydrogens (tertiary/aromatic N) is 1. The van der Waals surface area contributed by atoms with Crippen LogP contribution in [0, 0.1) is 5.92 Å². The number of ketones is 1. The molecule has 0 spiro atoms. The molecule has 2 aromatic rings.